The van der Waals surface area contributed by atoms with Crippen molar-refractivity contribution in [2.45, 2.75) is 39.2 Å². The van der Waals surface area contributed by atoms with Crippen molar-refractivity contribution in [3.63, 3.8) is 0 Å². The molecule has 2 fully saturated rings. The average molecular weight is 328 g/mol. The first-order chi connectivity index (χ1) is 11.5. The van der Waals surface area contributed by atoms with E-state index in [2.05, 4.69) is 13.8 Å². The van der Waals surface area contributed by atoms with E-state index >= 15 is 0 Å². The third kappa shape index (κ3) is 3.33. The van der Waals surface area contributed by atoms with Crippen LogP contribution in [0, 0.1) is 17.8 Å². The number of carbonyl (C=O) groups is 2. The Labute approximate surface area is 144 Å². The van der Waals surface area contributed by atoms with Crippen LogP contribution >= 0.6 is 0 Å². The first-order valence-electron chi connectivity index (χ1n) is 9.06. The van der Waals surface area contributed by atoms with Gasteiger partial charge in [0.2, 0.25) is 11.8 Å². The Morgan fingerprint density at radius 1 is 1.08 bits per heavy atom. The van der Waals surface area contributed by atoms with Gasteiger partial charge in [-0.15, -0.1) is 0 Å². The Morgan fingerprint density at radius 2 is 1.71 bits per heavy atom. The third-order valence-electron chi connectivity index (χ3n) is 5.50. The molecule has 1 aromatic rings. The summed E-state index contributed by atoms with van der Waals surface area (Å²) in [5.74, 6) is 1.33. The molecule has 0 N–H and O–H groups in total. The van der Waals surface area contributed by atoms with E-state index in [1.54, 1.807) is 4.90 Å². The van der Waals surface area contributed by atoms with Crippen LogP contribution < -0.4 is 0 Å². The molecule has 3 rings (SSSR count). The van der Waals surface area contributed by atoms with Gasteiger partial charge in [0.05, 0.1) is 12.0 Å². The molecular weight excluding hydrogens is 300 g/mol. The summed E-state index contributed by atoms with van der Waals surface area (Å²) in [6, 6.07) is 9.85. The van der Waals surface area contributed by atoms with Crippen LogP contribution in [0.3, 0.4) is 0 Å². The lowest BCUT2D eigenvalue weighted by Gasteiger charge is -2.43. The van der Waals surface area contributed by atoms with E-state index in [0.717, 1.165) is 18.7 Å². The number of amides is 2. The summed E-state index contributed by atoms with van der Waals surface area (Å²) in [6.07, 6.45) is 2.31. The Balaban J connectivity index is 1.86. The van der Waals surface area contributed by atoms with Gasteiger partial charge in [-0.05, 0) is 30.2 Å². The molecule has 24 heavy (non-hydrogen) atoms. The molecule has 2 amide bonds. The molecule has 0 aliphatic carbocycles. The predicted molar refractivity (Wildman–Crippen MR) is 94.2 cm³/mol. The maximum Gasteiger partial charge on any atom is 0.228 e. The molecule has 130 valence electrons. The molecule has 2 saturated heterocycles. The molecule has 4 atom stereocenters. The number of nitrogens with zero attached hydrogens (tertiary/aromatic N) is 2. The van der Waals surface area contributed by atoms with Crippen LogP contribution in [0.2, 0.25) is 0 Å². The smallest absolute Gasteiger partial charge is 0.228 e. The standard InChI is InChI=1S/C20H28N2O2/c1-14-11-15(2)13-22(12-14)20(24)17-9-10-18(23)21(3)19(17)16-7-5-4-6-8-16/h4-8,14-15,17,19H,9-13H2,1-3H3/t14-,15+,17-,19+/m1/s1. The van der Waals surface area contributed by atoms with Crippen molar-refractivity contribution in [3.8, 4) is 0 Å². The second-order valence-electron chi connectivity index (χ2n) is 7.69. The molecular formula is C20H28N2O2. The fourth-order valence-corrected chi connectivity index (χ4v) is 4.48. The van der Waals surface area contributed by atoms with Crippen LogP contribution in [0.25, 0.3) is 0 Å². The third-order valence-corrected chi connectivity index (χ3v) is 5.50. The lowest BCUT2D eigenvalue weighted by molar-refractivity contribution is -0.148. The monoisotopic (exact) mass is 328 g/mol. The molecule has 2 heterocycles. The molecule has 0 spiro atoms. The van der Waals surface area contributed by atoms with Gasteiger partial charge in [0.1, 0.15) is 0 Å². The Hall–Kier alpha value is -1.84. The highest BCUT2D eigenvalue weighted by atomic mass is 16.2. The average Bonchev–Trinajstić information content (AvgIpc) is 2.56. The highest BCUT2D eigenvalue weighted by Crippen LogP contribution is 2.37. The summed E-state index contributed by atoms with van der Waals surface area (Å²) in [5, 5.41) is 0. The van der Waals surface area contributed by atoms with Crippen LogP contribution in [0.4, 0.5) is 0 Å². The van der Waals surface area contributed by atoms with Gasteiger partial charge in [0.15, 0.2) is 0 Å². The highest BCUT2D eigenvalue weighted by Gasteiger charge is 2.41. The molecule has 0 saturated carbocycles. The number of hydrogen-bond donors (Lipinski definition) is 0. The van der Waals surface area contributed by atoms with E-state index in [0.29, 0.717) is 24.7 Å². The van der Waals surface area contributed by atoms with Gasteiger partial charge in [0.25, 0.3) is 0 Å². The zero-order valence-electron chi connectivity index (χ0n) is 14.9. The van der Waals surface area contributed by atoms with Crippen molar-refractivity contribution in [3.05, 3.63) is 35.9 Å². The van der Waals surface area contributed by atoms with Gasteiger partial charge >= 0.3 is 0 Å². The van der Waals surface area contributed by atoms with E-state index in [1.807, 2.05) is 42.3 Å². The molecule has 2 aliphatic rings. The summed E-state index contributed by atoms with van der Waals surface area (Å²) >= 11 is 0. The zero-order chi connectivity index (χ0) is 17.3. The second kappa shape index (κ2) is 6.96. The second-order valence-corrected chi connectivity index (χ2v) is 7.69. The Kier molecular flexibility index (Phi) is 4.93. The summed E-state index contributed by atoms with van der Waals surface area (Å²) in [6.45, 7) is 6.14. The summed E-state index contributed by atoms with van der Waals surface area (Å²) in [4.78, 5) is 29.3. The van der Waals surface area contributed by atoms with Crippen molar-refractivity contribution in [2.24, 2.45) is 17.8 Å². The first kappa shape index (κ1) is 17.0. The van der Waals surface area contributed by atoms with Gasteiger partial charge in [0, 0.05) is 26.6 Å². The molecule has 0 aromatic heterocycles. The maximum absolute atomic E-state index is 13.3. The van der Waals surface area contributed by atoms with Gasteiger partial charge < -0.3 is 9.80 Å². The van der Waals surface area contributed by atoms with E-state index in [4.69, 9.17) is 0 Å². The predicted octanol–water partition coefficient (Wildman–Crippen LogP) is 3.10. The number of hydrogen-bond acceptors (Lipinski definition) is 2. The molecule has 0 radical (unpaired) electrons. The molecule has 4 heteroatoms. The van der Waals surface area contributed by atoms with E-state index < -0.39 is 0 Å². The van der Waals surface area contributed by atoms with Gasteiger partial charge in [-0.25, -0.2) is 0 Å². The minimum absolute atomic E-state index is 0.132. The van der Waals surface area contributed by atoms with E-state index in [-0.39, 0.29) is 23.8 Å². The van der Waals surface area contributed by atoms with Crippen LogP contribution in [-0.4, -0.2) is 41.8 Å². The van der Waals surface area contributed by atoms with Crippen molar-refractivity contribution >= 4 is 11.8 Å². The zero-order valence-corrected chi connectivity index (χ0v) is 14.9. The topological polar surface area (TPSA) is 40.6 Å². The normalized spacial score (nSPS) is 31.2. The summed E-state index contributed by atoms with van der Waals surface area (Å²) in [5.41, 5.74) is 1.06. The number of carbonyl (C=O) groups excluding carboxylic acids is 2. The molecule has 1 aromatic carbocycles. The minimum Gasteiger partial charge on any atom is -0.342 e. The lowest BCUT2D eigenvalue weighted by atomic mass is 9.82. The maximum atomic E-state index is 13.3. The largest absolute Gasteiger partial charge is 0.342 e. The van der Waals surface area contributed by atoms with Crippen molar-refractivity contribution in [1.82, 2.24) is 9.80 Å². The van der Waals surface area contributed by atoms with Crippen molar-refractivity contribution < 1.29 is 9.59 Å². The van der Waals surface area contributed by atoms with Crippen molar-refractivity contribution in [1.29, 1.82) is 0 Å². The van der Waals surface area contributed by atoms with Gasteiger partial charge in [-0.3, -0.25) is 9.59 Å². The number of rotatable bonds is 2. The lowest BCUT2D eigenvalue weighted by Crippen LogP contribution is -2.50. The first-order valence-corrected chi connectivity index (χ1v) is 9.06. The fraction of sp³-hybridized carbons (Fsp3) is 0.600. The van der Waals surface area contributed by atoms with Gasteiger partial charge in [-0.1, -0.05) is 44.2 Å². The van der Waals surface area contributed by atoms with Crippen LogP contribution in [-0.2, 0) is 9.59 Å². The fourth-order valence-electron chi connectivity index (χ4n) is 4.48. The Morgan fingerprint density at radius 3 is 2.33 bits per heavy atom. The SMILES string of the molecule is C[C@@H]1C[C@H](C)CN(C(=O)[C@@H]2CCC(=O)N(C)[C@H]2c2ccccc2)C1. The number of benzene rings is 1. The molecule has 2 aliphatic heterocycles. The van der Waals surface area contributed by atoms with E-state index in [1.165, 1.54) is 6.42 Å². The van der Waals surface area contributed by atoms with Crippen LogP contribution in [0.1, 0.15) is 44.7 Å². The summed E-state index contributed by atoms with van der Waals surface area (Å²) < 4.78 is 0. The summed E-state index contributed by atoms with van der Waals surface area (Å²) in [7, 11) is 1.83. The number of piperidine rings is 2. The van der Waals surface area contributed by atoms with E-state index in [9.17, 15) is 9.59 Å². The van der Waals surface area contributed by atoms with Crippen LogP contribution in [0.5, 0.6) is 0 Å². The molecule has 4 nitrogen and oxygen atoms in total. The van der Waals surface area contributed by atoms with Crippen LogP contribution in [0.15, 0.2) is 30.3 Å². The number of likely N-dealkylation sites (tertiary alicyclic amines) is 2. The van der Waals surface area contributed by atoms with Gasteiger partial charge in [-0.2, -0.15) is 0 Å². The highest BCUT2D eigenvalue weighted by molar-refractivity contribution is 5.85. The minimum atomic E-state index is -0.146. The molecule has 0 bridgehead atoms. The Bertz CT molecular complexity index is 591. The molecule has 0 unspecified atom stereocenters. The van der Waals surface area contributed by atoms with Crippen molar-refractivity contribution in [2.75, 3.05) is 20.1 Å². The quantitative estimate of drug-likeness (QED) is 0.837.